The zero-order chi connectivity index (χ0) is 14.7. The number of nitrogens with one attached hydrogen (secondary N) is 1. The second-order valence-corrected chi connectivity index (χ2v) is 6.15. The van der Waals surface area contributed by atoms with Gasteiger partial charge in [0.05, 0.1) is 16.6 Å². The summed E-state index contributed by atoms with van der Waals surface area (Å²) in [4.78, 5) is 12.2. The van der Waals surface area contributed by atoms with Crippen LogP contribution >= 0.6 is 27.3 Å². The number of carboxylic acid groups (broad SMARTS) is 1. The van der Waals surface area contributed by atoms with Crippen molar-refractivity contribution in [1.82, 2.24) is 0 Å². The number of benzene rings is 1. The van der Waals surface area contributed by atoms with Gasteiger partial charge in [-0.15, -0.1) is 11.3 Å². The number of thiophene rings is 1. The van der Waals surface area contributed by atoms with Crippen molar-refractivity contribution in [1.29, 1.82) is 0 Å². The molecule has 0 atom stereocenters. The second kappa shape index (κ2) is 6.32. The van der Waals surface area contributed by atoms with E-state index in [0.29, 0.717) is 6.54 Å². The van der Waals surface area contributed by atoms with Crippen molar-refractivity contribution in [2.75, 3.05) is 5.32 Å². The Morgan fingerprint density at radius 1 is 1.25 bits per heavy atom. The van der Waals surface area contributed by atoms with Crippen LogP contribution in [0.15, 0.2) is 28.7 Å². The zero-order valence-corrected chi connectivity index (χ0v) is 12.5. The summed E-state index contributed by atoms with van der Waals surface area (Å²) >= 11 is 4.34. The first-order valence-corrected chi connectivity index (χ1v) is 7.24. The number of halogens is 3. The Kier molecular flexibility index (Phi) is 4.72. The summed E-state index contributed by atoms with van der Waals surface area (Å²) in [6, 6.07) is 5.65. The van der Waals surface area contributed by atoms with Gasteiger partial charge < -0.3 is 10.4 Å². The predicted molar refractivity (Wildman–Crippen MR) is 77.0 cm³/mol. The maximum atomic E-state index is 13.5. The van der Waals surface area contributed by atoms with E-state index < -0.39 is 17.6 Å². The Morgan fingerprint density at radius 3 is 2.65 bits per heavy atom. The Bertz CT molecular complexity index is 645. The summed E-state index contributed by atoms with van der Waals surface area (Å²) in [5, 5.41) is 11.5. The molecule has 2 rings (SSSR count). The molecule has 0 aliphatic heterocycles. The summed E-state index contributed by atoms with van der Waals surface area (Å²) < 4.78 is 26.8. The molecule has 2 N–H and O–H groups in total. The molecule has 0 aliphatic rings. The van der Waals surface area contributed by atoms with Crippen molar-refractivity contribution in [3.8, 4) is 0 Å². The molecule has 20 heavy (non-hydrogen) atoms. The summed E-state index contributed by atoms with van der Waals surface area (Å²) in [6.07, 6.45) is -0.0267. The van der Waals surface area contributed by atoms with Gasteiger partial charge in [0.15, 0.2) is 0 Å². The van der Waals surface area contributed by atoms with Gasteiger partial charge >= 0.3 is 5.97 Å². The zero-order valence-electron chi connectivity index (χ0n) is 10.1. The van der Waals surface area contributed by atoms with E-state index in [0.717, 1.165) is 15.8 Å². The Hall–Kier alpha value is -1.47. The monoisotopic (exact) mass is 361 g/mol. The van der Waals surface area contributed by atoms with E-state index in [4.69, 9.17) is 5.11 Å². The molecule has 1 aromatic carbocycles. The quantitative estimate of drug-likeness (QED) is 0.790. The molecule has 2 aromatic rings. The van der Waals surface area contributed by atoms with Crippen molar-refractivity contribution in [2.24, 2.45) is 0 Å². The molecule has 0 bridgehead atoms. The number of rotatable bonds is 5. The first-order chi connectivity index (χ1) is 9.45. The second-order valence-electron chi connectivity index (χ2n) is 4.04. The van der Waals surface area contributed by atoms with E-state index >= 15 is 0 Å². The van der Waals surface area contributed by atoms with Gasteiger partial charge in [-0.05, 0) is 34.1 Å². The van der Waals surface area contributed by atoms with Gasteiger partial charge in [-0.25, -0.2) is 8.78 Å². The van der Waals surface area contributed by atoms with Crippen molar-refractivity contribution in [3.63, 3.8) is 0 Å². The third-order valence-corrected chi connectivity index (χ3v) is 4.20. The Balaban J connectivity index is 2.03. The molecule has 0 aliphatic carbocycles. The molecule has 7 heteroatoms. The SMILES string of the molecule is O=C(O)Cc1ccc(CNc2cc(Br)c(F)cc2F)s1. The number of carboxylic acids is 1. The van der Waals surface area contributed by atoms with E-state index in [2.05, 4.69) is 21.2 Å². The molecule has 0 spiro atoms. The molecular formula is C13H10BrF2NO2S. The first-order valence-electron chi connectivity index (χ1n) is 5.63. The summed E-state index contributed by atoms with van der Waals surface area (Å²) in [7, 11) is 0. The van der Waals surface area contributed by atoms with Gasteiger partial charge in [0.2, 0.25) is 0 Å². The highest BCUT2D eigenvalue weighted by molar-refractivity contribution is 9.10. The van der Waals surface area contributed by atoms with Gasteiger partial charge in [0.1, 0.15) is 11.6 Å². The van der Waals surface area contributed by atoms with Crippen LogP contribution in [-0.4, -0.2) is 11.1 Å². The summed E-state index contributed by atoms with van der Waals surface area (Å²) in [6.45, 7) is 0.347. The first kappa shape index (κ1) is 14.9. The largest absolute Gasteiger partial charge is 0.481 e. The number of hydrogen-bond acceptors (Lipinski definition) is 3. The van der Waals surface area contributed by atoms with Gasteiger partial charge in [0.25, 0.3) is 0 Å². The van der Waals surface area contributed by atoms with E-state index in [1.54, 1.807) is 12.1 Å². The standard InChI is InChI=1S/C13H10BrF2NO2S/c14-9-4-12(11(16)5-10(9)15)17-6-8-2-1-7(20-8)3-13(18)19/h1-2,4-5,17H,3,6H2,(H,18,19). The van der Waals surface area contributed by atoms with Crippen molar-refractivity contribution < 1.29 is 18.7 Å². The number of anilines is 1. The van der Waals surface area contributed by atoms with Crippen LogP contribution in [0.5, 0.6) is 0 Å². The number of carbonyl (C=O) groups is 1. The molecule has 1 heterocycles. The molecule has 106 valence electrons. The fourth-order valence-corrected chi connectivity index (χ4v) is 2.89. The maximum absolute atomic E-state index is 13.5. The normalized spacial score (nSPS) is 10.6. The Morgan fingerprint density at radius 2 is 1.95 bits per heavy atom. The van der Waals surface area contributed by atoms with Crippen LogP contribution in [0, 0.1) is 11.6 Å². The fourth-order valence-electron chi connectivity index (χ4n) is 1.60. The molecule has 0 fully saturated rings. The third kappa shape index (κ3) is 3.77. The van der Waals surface area contributed by atoms with Crippen LogP contribution in [0.4, 0.5) is 14.5 Å². The molecule has 1 aromatic heterocycles. The van der Waals surface area contributed by atoms with E-state index in [9.17, 15) is 13.6 Å². The van der Waals surface area contributed by atoms with Crippen molar-refractivity contribution in [2.45, 2.75) is 13.0 Å². The minimum absolute atomic E-state index is 0.0267. The fraction of sp³-hybridized carbons (Fsp3) is 0.154. The highest BCUT2D eigenvalue weighted by Gasteiger charge is 2.09. The lowest BCUT2D eigenvalue weighted by Gasteiger charge is -2.07. The van der Waals surface area contributed by atoms with E-state index in [-0.39, 0.29) is 16.6 Å². The minimum atomic E-state index is -0.889. The van der Waals surface area contributed by atoms with Gasteiger partial charge in [-0.3, -0.25) is 4.79 Å². The van der Waals surface area contributed by atoms with E-state index in [1.807, 2.05) is 0 Å². The van der Waals surface area contributed by atoms with Crippen molar-refractivity contribution >= 4 is 38.9 Å². The van der Waals surface area contributed by atoms with Gasteiger partial charge in [-0.1, -0.05) is 0 Å². The average Bonchev–Trinajstić information content (AvgIpc) is 2.79. The highest BCUT2D eigenvalue weighted by Crippen LogP contribution is 2.25. The van der Waals surface area contributed by atoms with Crippen LogP contribution in [0.25, 0.3) is 0 Å². The molecule has 0 saturated carbocycles. The molecule has 0 unspecified atom stereocenters. The minimum Gasteiger partial charge on any atom is -0.481 e. The molecule has 0 radical (unpaired) electrons. The highest BCUT2D eigenvalue weighted by atomic mass is 79.9. The topological polar surface area (TPSA) is 49.3 Å². The summed E-state index contributed by atoms with van der Waals surface area (Å²) in [5.41, 5.74) is 0.187. The van der Waals surface area contributed by atoms with Crippen LogP contribution < -0.4 is 5.32 Å². The lowest BCUT2D eigenvalue weighted by atomic mass is 10.3. The van der Waals surface area contributed by atoms with Crippen LogP contribution in [0.2, 0.25) is 0 Å². The van der Waals surface area contributed by atoms with Gasteiger partial charge in [0, 0.05) is 22.4 Å². The number of hydrogen-bond donors (Lipinski definition) is 2. The average molecular weight is 362 g/mol. The molecule has 0 saturated heterocycles. The Labute approximate surface area is 126 Å². The molecular weight excluding hydrogens is 352 g/mol. The van der Waals surface area contributed by atoms with E-state index in [1.165, 1.54) is 17.4 Å². The van der Waals surface area contributed by atoms with Gasteiger partial charge in [-0.2, -0.15) is 0 Å². The van der Waals surface area contributed by atoms with Crippen LogP contribution in [0.1, 0.15) is 9.75 Å². The van der Waals surface area contributed by atoms with Crippen LogP contribution in [-0.2, 0) is 17.8 Å². The van der Waals surface area contributed by atoms with Crippen molar-refractivity contribution in [3.05, 3.63) is 50.1 Å². The lowest BCUT2D eigenvalue weighted by Crippen LogP contribution is -2.01. The number of aliphatic carboxylic acids is 1. The van der Waals surface area contributed by atoms with Crippen LogP contribution in [0.3, 0.4) is 0 Å². The molecule has 0 amide bonds. The maximum Gasteiger partial charge on any atom is 0.308 e. The predicted octanol–water partition coefficient (Wildman–Crippen LogP) is 4.03. The lowest BCUT2D eigenvalue weighted by molar-refractivity contribution is -0.136. The summed E-state index contributed by atoms with van der Waals surface area (Å²) in [5.74, 6) is -2.22. The molecule has 3 nitrogen and oxygen atoms in total. The third-order valence-electron chi connectivity index (χ3n) is 2.51. The smallest absolute Gasteiger partial charge is 0.308 e.